The van der Waals surface area contributed by atoms with Crippen molar-refractivity contribution in [2.45, 2.75) is 25.7 Å². The van der Waals surface area contributed by atoms with Gasteiger partial charge in [-0.2, -0.15) is 0 Å². The SMILES string of the molecule is C=C(CCC(=O)O)C(=O)NCCCCN(C)C. The largest absolute Gasteiger partial charge is 0.481 e. The normalized spacial score (nSPS) is 10.3. The molecular weight excluding hydrogens is 220 g/mol. The van der Waals surface area contributed by atoms with Crippen molar-refractivity contribution in [3.8, 4) is 0 Å². The molecule has 0 aromatic carbocycles. The standard InChI is InChI=1S/C12H22N2O3/c1-10(6-7-11(15)16)12(17)13-8-4-5-9-14(2)3/h1,4-9H2,2-3H3,(H,13,17)(H,15,16). The van der Waals surface area contributed by atoms with Crippen LogP contribution in [-0.2, 0) is 9.59 Å². The monoisotopic (exact) mass is 242 g/mol. The van der Waals surface area contributed by atoms with E-state index in [0.717, 1.165) is 19.4 Å². The third kappa shape index (κ3) is 9.56. The van der Waals surface area contributed by atoms with E-state index in [0.29, 0.717) is 12.1 Å². The molecule has 0 radical (unpaired) electrons. The van der Waals surface area contributed by atoms with Crippen molar-refractivity contribution in [2.75, 3.05) is 27.2 Å². The molecule has 0 aromatic heterocycles. The Labute approximate surface area is 102 Å². The number of nitrogens with one attached hydrogen (secondary N) is 1. The molecule has 5 heteroatoms. The molecule has 2 N–H and O–H groups in total. The van der Waals surface area contributed by atoms with Gasteiger partial charge >= 0.3 is 5.97 Å². The summed E-state index contributed by atoms with van der Waals surface area (Å²) in [4.78, 5) is 23.8. The van der Waals surface area contributed by atoms with Gasteiger partial charge in [0.1, 0.15) is 0 Å². The average Bonchev–Trinajstić information content (AvgIpc) is 2.24. The highest BCUT2D eigenvalue weighted by Crippen LogP contribution is 2.02. The molecule has 0 aromatic rings. The Hall–Kier alpha value is -1.36. The van der Waals surface area contributed by atoms with Crippen LogP contribution in [0.15, 0.2) is 12.2 Å². The first-order chi connectivity index (χ1) is 7.93. The third-order valence-corrected chi connectivity index (χ3v) is 2.28. The molecule has 0 unspecified atom stereocenters. The first kappa shape index (κ1) is 15.6. The Morgan fingerprint density at radius 2 is 1.88 bits per heavy atom. The molecule has 0 heterocycles. The predicted octanol–water partition coefficient (Wildman–Crippen LogP) is 0.865. The van der Waals surface area contributed by atoms with Crippen LogP contribution in [0.1, 0.15) is 25.7 Å². The maximum atomic E-state index is 11.4. The van der Waals surface area contributed by atoms with Crippen LogP contribution in [0.4, 0.5) is 0 Å². The van der Waals surface area contributed by atoms with Crippen molar-refractivity contribution in [2.24, 2.45) is 0 Å². The Morgan fingerprint density at radius 3 is 2.41 bits per heavy atom. The lowest BCUT2D eigenvalue weighted by atomic mass is 10.1. The van der Waals surface area contributed by atoms with E-state index in [2.05, 4.69) is 16.8 Å². The van der Waals surface area contributed by atoms with Crippen molar-refractivity contribution < 1.29 is 14.7 Å². The second-order valence-corrected chi connectivity index (χ2v) is 4.26. The number of hydrogen-bond donors (Lipinski definition) is 2. The van der Waals surface area contributed by atoms with Gasteiger partial charge in [0.05, 0.1) is 0 Å². The molecular formula is C12H22N2O3. The first-order valence-corrected chi connectivity index (χ1v) is 5.76. The molecule has 0 spiro atoms. The topological polar surface area (TPSA) is 69.6 Å². The molecule has 17 heavy (non-hydrogen) atoms. The van der Waals surface area contributed by atoms with Crippen LogP contribution < -0.4 is 5.32 Å². The summed E-state index contributed by atoms with van der Waals surface area (Å²) in [6.07, 6.45) is 2.09. The number of aliphatic carboxylic acids is 1. The quantitative estimate of drug-likeness (QED) is 0.465. The van der Waals surface area contributed by atoms with E-state index >= 15 is 0 Å². The fourth-order valence-corrected chi connectivity index (χ4v) is 1.25. The van der Waals surface area contributed by atoms with Crippen molar-refractivity contribution in [3.63, 3.8) is 0 Å². The van der Waals surface area contributed by atoms with Crippen LogP contribution in [0.25, 0.3) is 0 Å². The lowest BCUT2D eigenvalue weighted by Gasteiger charge is -2.10. The number of carbonyl (C=O) groups is 2. The highest BCUT2D eigenvalue weighted by atomic mass is 16.4. The fraction of sp³-hybridized carbons (Fsp3) is 0.667. The Morgan fingerprint density at radius 1 is 1.24 bits per heavy atom. The lowest BCUT2D eigenvalue weighted by Crippen LogP contribution is -2.26. The number of rotatable bonds is 9. The molecule has 0 rings (SSSR count). The van der Waals surface area contributed by atoms with Crippen molar-refractivity contribution in [1.29, 1.82) is 0 Å². The van der Waals surface area contributed by atoms with E-state index in [1.807, 2.05) is 14.1 Å². The molecule has 0 aliphatic rings. The molecule has 0 bridgehead atoms. The molecule has 5 nitrogen and oxygen atoms in total. The number of amides is 1. The highest BCUT2D eigenvalue weighted by Gasteiger charge is 2.07. The summed E-state index contributed by atoms with van der Waals surface area (Å²) < 4.78 is 0. The maximum Gasteiger partial charge on any atom is 0.303 e. The maximum absolute atomic E-state index is 11.4. The van der Waals surface area contributed by atoms with Crippen LogP contribution in [0, 0.1) is 0 Å². The molecule has 98 valence electrons. The molecule has 0 atom stereocenters. The third-order valence-electron chi connectivity index (χ3n) is 2.28. The summed E-state index contributed by atoms with van der Waals surface area (Å²) in [5.41, 5.74) is 0.333. The first-order valence-electron chi connectivity index (χ1n) is 5.76. The summed E-state index contributed by atoms with van der Waals surface area (Å²) in [7, 11) is 4.01. The second-order valence-electron chi connectivity index (χ2n) is 4.26. The molecule has 0 aliphatic carbocycles. The van der Waals surface area contributed by atoms with Gasteiger partial charge in [0.25, 0.3) is 0 Å². The van der Waals surface area contributed by atoms with Gasteiger partial charge in [-0.1, -0.05) is 6.58 Å². The van der Waals surface area contributed by atoms with Gasteiger partial charge in [0.2, 0.25) is 5.91 Å². The average molecular weight is 242 g/mol. The number of carboxylic acid groups (broad SMARTS) is 1. The molecule has 0 saturated carbocycles. The number of carboxylic acids is 1. The molecule has 0 saturated heterocycles. The van der Waals surface area contributed by atoms with Crippen molar-refractivity contribution >= 4 is 11.9 Å². The fourth-order valence-electron chi connectivity index (χ4n) is 1.25. The van der Waals surface area contributed by atoms with Crippen LogP contribution in [0.2, 0.25) is 0 Å². The Bertz CT molecular complexity index is 275. The summed E-state index contributed by atoms with van der Waals surface area (Å²) in [6.45, 7) is 5.18. The van der Waals surface area contributed by atoms with E-state index in [4.69, 9.17) is 5.11 Å². The minimum atomic E-state index is -0.912. The predicted molar refractivity (Wildman–Crippen MR) is 66.8 cm³/mol. The van der Waals surface area contributed by atoms with Crippen LogP contribution in [0.5, 0.6) is 0 Å². The van der Waals surface area contributed by atoms with Crippen LogP contribution in [-0.4, -0.2) is 49.1 Å². The Balaban J connectivity index is 3.57. The Kier molecular flexibility index (Phi) is 8.05. The van der Waals surface area contributed by atoms with Crippen LogP contribution >= 0.6 is 0 Å². The van der Waals surface area contributed by atoms with Crippen LogP contribution in [0.3, 0.4) is 0 Å². The van der Waals surface area contributed by atoms with Gasteiger partial charge in [0.15, 0.2) is 0 Å². The van der Waals surface area contributed by atoms with E-state index in [-0.39, 0.29) is 18.7 Å². The van der Waals surface area contributed by atoms with E-state index in [1.54, 1.807) is 0 Å². The number of nitrogens with zero attached hydrogens (tertiary/aromatic N) is 1. The van der Waals surface area contributed by atoms with E-state index in [9.17, 15) is 9.59 Å². The number of hydrogen-bond acceptors (Lipinski definition) is 3. The smallest absolute Gasteiger partial charge is 0.303 e. The minimum absolute atomic E-state index is 0.0487. The zero-order valence-corrected chi connectivity index (χ0v) is 10.7. The number of carbonyl (C=O) groups excluding carboxylic acids is 1. The molecule has 0 fully saturated rings. The number of unbranched alkanes of at least 4 members (excludes halogenated alkanes) is 1. The van der Waals surface area contributed by atoms with Gasteiger partial charge in [0, 0.05) is 18.5 Å². The van der Waals surface area contributed by atoms with Crippen molar-refractivity contribution in [1.82, 2.24) is 10.2 Å². The van der Waals surface area contributed by atoms with Gasteiger partial charge in [-0.05, 0) is 39.9 Å². The summed E-state index contributed by atoms with van der Waals surface area (Å²) in [6, 6.07) is 0. The van der Waals surface area contributed by atoms with E-state index < -0.39 is 5.97 Å². The van der Waals surface area contributed by atoms with Gasteiger partial charge in [-0.15, -0.1) is 0 Å². The molecule has 1 amide bonds. The van der Waals surface area contributed by atoms with E-state index in [1.165, 1.54) is 0 Å². The summed E-state index contributed by atoms with van der Waals surface area (Å²) in [5.74, 6) is -1.15. The van der Waals surface area contributed by atoms with Gasteiger partial charge in [-0.25, -0.2) is 0 Å². The zero-order chi connectivity index (χ0) is 13.3. The second kappa shape index (κ2) is 8.75. The molecule has 0 aliphatic heterocycles. The van der Waals surface area contributed by atoms with Crippen molar-refractivity contribution in [3.05, 3.63) is 12.2 Å². The lowest BCUT2D eigenvalue weighted by molar-refractivity contribution is -0.136. The van der Waals surface area contributed by atoms with Gasteiger partial charge in [-0.3, -0.25) is 9.59 Å². The zero-order valence-electron chi connectivity index (χ0n) is 10.7. The minimum Gasteiger partial charge on any atom is -0.481 e. The van der Waals surface area contributed by atoms with Gasteiger partial charge < -0.3 is 15.3 Å². The highest BCUT2D eigenvalue weighted by molar-refractivity contribution is 5.93. The summed E-state index contributed by atoms with van der Waals surface area (Å²) >= 11 is 0. The summed E-state index contributed by atoms with van der Waals surface area (Å²) in [5, 5.41) is 11.2.